The van der Waals surface area contributed by atoms with E-state index in [9.17, 15) is 15.0 Å². The van der Waals surface area contributed by atoms with E-state index in [1.165, 1.54) is 6.20 Å². The van der Waals surface area contributed by atoms with Gasteiger partial charge in [0.2, 0.25) is 0 Å². The molecule has 0 bridgehead atoms. The summed E-state index contributed by atoms with van der Waals surface area (Å²) in [6, 6.07) is 4.90. The lowest BCUT2D eigenvalue weighted by Gasteiger charge is -2.17. The largest absolute Gasteiger partial charge is 0.390 e. The van der Waals surface area contributed by atoms with Gasteiger partial charge in [0.1, 0.15) is 6.10 Å². The number of nitrogens with zero attached hydrogens (tertiary/aromatic N) is 1. The molecule has 0 spiro atoms. The predicted molar refractivity (Wildman–Crippen MR) is 71.8 cm³/mol. The first-order chi connectivity index (χ1) is 8.63. The quantitative estimate of drug-likeness (QED) is 0.612. The molecule has 3 N–H and O–H groups in total. The Balaban J connectivity index is 2.38. The Morgan fingerprint density at radius 3 is 2.89 bits per heavy atom. The molecule has 1 heterocycles. The topological polar surface area (TPSA) is 86.2 Å². The molecule has 2 rings (SSSR count). The average Bonchev–Trinajstić information content (AvgIpc) is 2.38. The van der Waals surface area contributed by atoms with Crippen molar-refractivity contribution in [2.24, 2.45) is 0 Å². The average molecular weight is 266 g/mol. The van der Waals surface area contributed by atoms with Crippen LogP contribution >= 0.6 is 12.6 Å². The van der Waals surface area contributed by atoms with Crippen LogP contribution in [0.1, 0.15) is 18.1 Å². The van der Waals surface area contributed by atoms with Gasteiger partial charge in [-0.15, -0.1) is 0 Å². The third-order valence-corrected chi connectivity index (χ3v) is 3.08. The van der Waals surface area contributed by atoms with Crippen molar-refractivity contribution in [1.82, 2.24) is 10.2 Å². The second kappa shape index (κ2) is 5.51. The Labute approximate surface area is 109 Å². The number of aliphatic hydroxyl groups excluding tert-OH is 2. The maximum absolute atomic E-state index is 11.5. The number of thiol groups is 1. The first-order valence-corrected chi connectivity index (χ1v) is 6.21. The normalized spacial score (nSPS) is 14.6. The fraction of sp³-hybridized carbons (Fsp3) is 0.333. The molecule has 5 nitrogen and oxygen atoms in total. The van der Waals surface area contributed by atoms with E-state index >= 15 is 0 Å². The first-order valence-electron chi connectivity index (χ1n) is 5.58. The molecule has 2 unspecified atom stereocenters. The number of fused-ring (bicyclic) bond motifs is 1. The Hall–Kier alpha value is -1.37. The molecule has 0 saturated heterocycles. The van der Waals surface area contributed by atoms with E-state index in [0.29, 0.717) is 28.5 Å². The van der Waals surface area contributed by atoms with Crippen LogP contribution in [-0.2, 0) is 0 Å². The molecule has 6 heteroatoms. The zero-order valence-electron chi connectivity index (χ0n) is 9.58. The lowest BCUT2D eigenvalue weighted by Crippen LogP contribution is -2.19. The van der Waals surface area contributed by atoms with Crippen LogP contribution in [0, 0.1) is 0 Å². The van der Waals surface area contributed by atoms with E-state index in [2.05, 4.69) is 22.8 Å². The fourth-order valence-electron chi connectivity index (χ4n) is 1.81. The molecule has 0 aliphatic rings. The highest BCUT2D eigenvalue weighted by molar-refractivity contribution is 7.80. The minimum Gasteiger partial charge on any atom is -0.390 e. The molecule has 0 amide bonds. The summed E-state index contributed by atoms with van der Waals surface area (Å²) in [6.45, 7) is 0. The van der Waals surface area contributed by atoms with Crippen molar-refractivity contribution >= 4 is 23.4 Å². The van der Waals surface area contributed by atoms with Gasteiger partial charge in [0.15, 0.2) is 0 Å². The summed E-state index contributed by atoms with van der Waals surface area (Å²) in [5, 5.41) is 26.8. The molecule has 0 aliphatic heterocycles. The van der Waals surface area contributed by atoms with Gasteiger partial charge in [-0.3, -0.25) is 4.79 Å². The SMILES string of the molecule is O=c1[nH]ncc2cc(C(O)C(O)CCS)ccc12. The van der Waals surface area contributed by atoms with Crippen molar-refractivity contribution in [3.63, 3.8) is 0 Å². The van der Waals surface area contributed by atoms with Crippen molar-refractivity contribution in [3.05, 3.63) is 40.3 Å². The van der Waals surface area contributed by atoms with Gasteiger partial charge in [0.05, 0.1) is 17.7 Å². The van der Waals surface area contributed by atoms with E-state index in [-0.39, 0.29) is 5.56 Å². The Bertz CT molecular complexity index is 599. The zero-order valence-corrected chi connectivity index (χ0v) is 10.5. The van der Waals surface area contributed by atoms with Gasteiger partial charge < -0.3 is 10.2 Å². The van der Waals surface area contributed by atoms with Crippen molar-refractivity contribution in [2.45, 2.75) is 18.6 Å². The molecule has 0 saturated carbocycles. The molecule has 0 fully saturated rings. The molecule has 96 valence electrons. The van der Waals surface area contributed by atoms with Crippen molar-refractivity contribution in [1.29, 1.82) is 0 Å². The van der Waals surface area contributed by atoms with Crippen molar-refractivity contribution in [2.75, 3.05) is 5.75 Å². The second-order valence-electron chi connectivity index (χ2n) is 4.07. The molecular weight excluding hydrogens is 252 g/mol. The predicted octanol–water partition coefficient (Wildman–Crippen LogP) is 0.637. The number of aromatic nitrogens is 2. The maximum Gasteiger partial charge on any atom is 0.272 e. The molecule has 2 aromatic rings. The molecular formula is C12H14N2O3S. The highest BCUT2D eigenvalue weighted by Gasteiger charge is 2.18. The zero-order chi connectivity index (χ0) is 13.1. The highest BCUT2D eigenvalue weighted by atomic mass is 32.1. The van der Waals surface area contributed by atoms with Crippen LogP contribution in [-0.4, -0.2) is 32.3 Å². The number of H-pyrrole nitrogens is 1. The lowest BCUT2D eigenvalue weighted by molar-refractivity contribution is 0.0173. The van der Waals surface area contributed by atoms with Crippen LogP contribution in [0.25, 0.3) is 10.8 Å². The van der Waals surface area contributed by atoms with E-state index in [4.69, 9.17) is 0 Å². The van der Waals surface area contributed by atoms with Crippen molar-refractivity contribution < 1.29 is 10.2 Å². The standard InChI is InChI=1S/C12H14N2O3S/c15-10(3-4-18)11(16)7-1-2-9-8(5-7)6-13-14-12(9)17/h1-2,5-6,10-11,15-16,18H,3-4H2,(H,14,17). The van der Waals surface area contributed by atoms with Gasteiger partial charge >= 0.3 is 0 Å². The third kappa shape index (κ3) is 2.55. The van der Waals surface area contributed by atoms with Gasteiger partial charge in [-0.25, -0.2) is 5.10 Å². The molecule has 0 radical (unpaired) electrons. The van der Waals surface area contributed by atoms with Gasteiger partial charge in [0, 0.05) is 5.39 Å². The smallest absolute Gasteiger partial charge is 0.272 e. The summed E-state index contributed by atoms with van der Waals surface area (Å²) in [5.41, 5.74) is 0.286. The van der Waals surface area contributed by atoms with Crippen LogP contribution in [0.15, 0.2) is 29.2 Å². The number of benzene rings is 1. The summed E-state index contributed by atoms with van der Waals surface area (Å²) in [6.07, 6.45) is 0.0594. The van der Waals surface area contributed by atoms with E-state index in [1.807, 2.05) is 0 Å². The summed E-state index contributed by atoms with van der Waals surface area (Å²) in [7, 11) is 0. The van der Waals surface area contributed by atoms with Gasteiger partial charge in [-0.2, -0.15) is 17.7 Å². The molecule has 2 atom stereocenters. The van der Waals surface area contributed by atoms with Gasteiger partial charge in [0.25, 0.3) is 5.56 Å². The van der Waals surface area contributed by atoms with E-state index in [0.717, 1.165) is 0 Å². The van der Waals surface area contributed by atoms with Gasteiger partial charge in [-0.1, -0.05) is 6.07 Å². The number of aliphatic hydroxyl groups is 2. The summed E-state index contributed by atoms with van der Waals surface area (Å²) < 4.78 is 0. The molecule has 1 aromatic heterocycles. The number of hydrogen-bond donors (Lipinski definition) is 4. The molecule has 0 aliphatic carbocycles. The Morgan fingerprint density at radius 2 is 2.17 bits per heavy atom. The lowest BCUT2D eigenvalue weighted by atomic mass is 10.0. The number of rotatable bonds is 4. The van der Waals surface area contributed by atoms with Crippen LogP contribution < -0.4 is 5.56 Å². The molecule has 1 aromatic carbocycles. The first kappa shape index (κ1) is 13.1. The fourth-order valence-corrected chi connectivity index (χ4v) is 2.08. The summed E-state index contributed by atoms with van der Waals surface area (Å²) in [5.74, 6) is 0.493. The minimum absolute atomic E-state index is 0.274. The highest BCUT2D eigenvalue weighted by Crippen LogP contribution is 2.22. The third-order valence-electron chi connectivity index (χ3n) is 2.82. The van der Waals surface area contributed by atoms with E-state index < -0.39 is 12.2 Å². The van der Waals surface area contributed by atoms with Crippen LogP contribution in [0.3, 0.4) is 0 Å². The van der Waals surface area contributed by atoms with Crippen LogP contribution in [0.5, 0.6) is 0 Å². The number of aromatic amines is 1. The monoisotopic (exact) mass is 266 g/mol. The molecule has 18 heavy (non-hydrogen) atoms. The van der Waals surface area contributed by atoms with Gasteiger partial charge in [-0.05, 0) is 29.9 Å². The second-order valence-corrected chi connectivity index (χ2v) is 4.52. The number of nitrogens with one attached hydrogen (secondary N) is 1. The number of hydrogen-bond acceptors (Lipinski definition) is 5. The maximum atomic E-state index is 11.5. The summed E-state index contributed by atoms with van der Waals surface area (Å²) in [4.78, 5) is 11.5. The summed E-state index contributed by atoms with van der Waals surface area (Å²) >= 11 is 4.01. The van der Waals surface area contributed by atoms with Crippen LogP contribution in [0.4, 0.5) is 0 Å². The van der Waals surface area contributed by atoms with E-state index in [1.54, 1.807) is 18.2 Å². The Morgan fingerprint density at radius 1 is 1.39 bits per heavy atom. The van der Waals surface area contributed by atoms with Crippen molar-refractivity contribution in [3.8, 4) is 0 Å². The van der Waals surface area contributed by atoms with Crippen LogP contribution in [0.2, 0.25) is 0 Å². The minimum atomic E-state index is -0.985. The Kier molecular flexibility index (Phi) is 4.00.